The predicted molar refractivity (Wildman–Crippen MR) is 90.6 cm³/mol. The molecule has 0 radical (unpaired) electrons. The third-order valence-electron chi connectivity index (χ3n) is 4.62. The minimum atomic E-state index is -0.435. The van der Waals surface area contributed by atoms with Gasteiger partial charge in [0.05, 0.1) is 17.1 Å². The molecule has 2 rings (SSSR count). The number of urea groups is 1. The SMILES string of the molecule is CCC(NC(=O)N1CCCC(C(C)O)C1)c1cccc([N+](=O)[O-])c1. The number of nitrogens with one attached hydrogen (secondary N) is 1. The van der Waals surface area contributed by atoms with Crippen molar-refractivity contribution in [3.63, 3.8) is 0 Å². The van der Waals surface area contributed by atoms with Gasteiger partial charge in [-0.2, -0.15) is 0 Å². The van der Waals surface area contributed by atoms with E-state index in [0.29, 0.717) is 19.5 Å². The molecule has 1 heterocycles. The van der Waals surface area contributed by atoms with Crippen LogP contribution in [0.4, 0.5) is 10.5 Å². The highest BCUT2D eigenvalue weighted by Gasteiger charge is 2.27. The predicted octanol–water partition coefficient (Wildman–Crippen LogP) is 2.85. The molecule has 1 fully saturated rings. The maximum atomic E-state index is 12.5. The first-order valence-corrected chi connectivity index (χ1v) is 8.40. The van der Waals surface area contributed by atoms with Gasteiger partial charge in [-0.1, -0.05) is 19.1 Å². The Balaban J connectivity index is 2.05. The van der Waals surface area contributed by atoms with Gasteiger partial charge in [0.1, 0.15) is 0 Å². The Morgan fingerprint density at radius 1 is 1.54 bits per heavy atom. The Kier molecular flexibility index (Phi) is 6.14. The number of hydrogen-bond acceptors (Lipinski definition) is 4. The van der Waals surface area contributed by atoms with E-state index in [0.717, 1.165) is 18.4 Å². The number of piperidine rings is 1. The van der Waals surface area contributed by atoms with Crippen LogP contribution in [0.2, 0.25) is 0 Å². The van der Waals surface area contributed by atoms with Crippen LogP contribution in [-0.4, -0.2) is 40.2 Å². The van der Waals surface area contributed by atoms with Crippen LogP contribution in [0, 0.1) is 16.0 Å². The maximum absolute atomic E-state index is 12.5. The number of aliphatic hydroxyl groups is 1. The number of carbonyl (C=O) groups is 1. The first kappa shape index (κ1) is 18.2. The highest BCUT2D eigenvalue weighted by Crippen LogP contribution is 2.23. The van der Waals surface area contributed by atoms with E-state index in [4.69, 9.17) is 0 Å². The standard InChI is InChI=1S/C17H25N3O4/c1-3-16(13-6-4-8-15(10-13)20(23)24)18-17(22)19-9-5-7-14(11-19)12(2)21/h4,6,8,10,12,14,16,21H,3,5,7,9,11H2,1-2H3,(H,18,22). The van der Waals surface area contributed by atoms with Crippen LogP contribution in [-0.2, 0) is 0 Å². The molecule has 1 aromatic carbocycles. The molecule has 0 aromatic heterocycles. The van der Waals surface area contributed by atoms with Crippen LogP contribution in [0.5, 0.6) is 0 Å². The fraction of sp³-hybridized carbons (Fsp3) is 0.588. The fourth-order valence-corrected chi connectivity index (χ4v) is 3.10. The summed E-state index contributed by atoms with van der Waals surface area (Å²) >= 11 is 0. The van der Waals surface area contributed by atoms with Gasteiger partial charge in [-0.3, -0.25) is 10.1 Å². The zero-order valence-corrected chi connectivity index (χ0v) is 14.1. The van der Waals surface area contributed by atoms with Crippen LogP contribution in [0.15, 0.2) is 24.3 Å². The van der Waals surface area contributed by atoms with E-state index < -0.39 is 11.0 Å². The van der Waals surface area contributed by atoms with E-state index >= 15 is 0 Å². The Labute approximate surface area is 141 Å². The van der Waals surface area contributed by atoms with Gasteiger partial charge < -0.3 is 15.3 Å². The zero-order valence-electron chi connectivity index (χ0n) is 14.1. The number of rotatable bonds is 5. The molecule has 3 atom stereocenters. The fourth-order valence-electron chi connectivity index (χ4n) is 3.10. The quantitative estimate of drug-likeness (QED) is 0.639. The van der Waals surface area contributed by atoms with Gasteiger partial charge in [-0.05, 0) is 31.7 Å². The summed E-state index contributed by atoms with van der Waals surface area (Å²) in [6.07, 6.45) is 2.00. The molecule has 7 heteroatoms. The molecule has 3 unspecified atom stereocenters. The van der Waals surface area contributed by atoms with Gasteiger partial charge in [0.25, 0.3) is 5.69 Å². The molecular formula is C17H25N3O4. The van der Waals surface area contributed by atoms with Crippen LogP contribution in [0.1, 0.15) is 44.7 Å². The topological polar surface area (TPSA) is 95.7 Å². The zero-order chi connectivity index (χ0) is 17.7. The van der Waals surface area contributed by atoms with Crippen molar-refractivity contribution in [1.29, 1.82) is 0 Å². The first-order valence-electron chi connectivity index (χ1n) is 8.40. The minimum Gasteiger partial charge on any atom is -0.393 e. The second-order valence-corrected chi connectivity index (χ2v) is 6.35. The van der Waals surface area contributed by atoms with Gasteiger partial charge in [0.15, 0.2) is 0 Å². The lowest BCUT2D eigenvalue weighted by Gasteiger charge is -2.35. The monoisotopic (exact) mass is 335 g/mol. The van der Waals surface area contributed by atoms with Crippen molar-refractivity contribution < 1.29 is 14.8 Å². The Hall–Kier alpha value is -2.15. The number of non-ortho nitro benzene ring substituents is 1. The second-order valence-electron chi connectivity index (χ2n) is 6.35. The maximum Gasteiger partial charge on any atom is 0.317 e. The average molecular weight is 335 g/mol. The number of amides is 2. The Morgan fingerprint density at radius 2 is 2.29 bits per heavy atom. The lowest BCUT2D eigenvalue weighted by Crippen LogP contribution is -2.48. The molecule has 1 aliphatic heterocycles. The molecular weight excluding hydrogens is 310 g/mol. The summed E-state index contributed by atoms with van der Waals surface area (Å²) in [6.45, 7) is 4.89. The van der Waals surface area contributed by atoms with Crippen molar-refractivity contribution >= 4 is 11.7 Å². The molecule has 1 aromatic rings. The summed E-state index contributed by atoms with van der Waals surface area (Å²) in [6, 6.07) is 5.91. The van der Waals surface area contributed by atoms with Gasteiger partial charge in [0.2, 0.25) is 0 Å². The van der Waals surface area contributed by atoms with Crippen LogP contribution in [0.3, 0.4) is 0 Å². The molecule has 1 saturated heterocycles. The number of aliphatic hydroxyl groups excluding tert-OH is 1. The van der Waals surface area contributed by atoms with Gasteiger partial charge in [-0.25, -0.2) is 4.79 Å². The van der Waals surface area contributed by atoms with E-state index in [1.165, 1.54) is 12.1 Å². The summed E-state index contributed by atoms with van der Waals surface area (Å²) in [5, 5.41) is 23.6. The number of nitrogens with zero attached hydrogens (tertiary/aromatic N) is 2. The van der Waals surface area contributed by atoms with Crippen molar-refractivity contribution in [2.45, 2.75) is 45.3 Å². The van der Waals surface area contributed by atoms with Crippen molar-refractivity contribution in [2.75, 3.05) is 13.1 Å². The summed E-state index contributed by atoms with van der Waals surface area (Å²) in [5.41, 5.74) is 0.747. The summed E-state index contributed by atoms with van der Waals surface area (Å²) in [4.78, 5) is 24.7. The lowest BCUT2D eigenvalue weighted by molar-refractivity contribution is -0.384. The molecule has 132 valence electrons. The van der Waals surface area contributed by atoms with Crippen molar-refractivity contribution in [1.82, 2.24) is 10.2 Å². The highest BCUT2D eigenvalue weighted by molar-refractivity contribution is 5.75. The van der Waals surface area contributed by atoms with E-state index in [1.54, 1.807) is 24.0 Å². The van der Waals surface area contributed by atoms with Crippen LogP contribution >= 0.6 is 0 Å². The Morgan fingerprint density at radius 3 is 2.92 bits per heavy atom. The second kappa shape index (κ2) is 8.10. The van der Waals surface area contributed by atoms with Crippen LogP contribution < -0.4 is 5.32 Å². The van der Waals surface area contributed by atoms with Gasteiger partial charge in [0, 0.05) is 31.1 Å². The highest BCUT2D eigenvalue weighted by atomic mass is 16.6. The number of nitro groups is 1. The smallest absolute Gasteiger partial charge is 0.317 e. The van der Waals surface area contributed by atoms with Gasteiger partial charge >= 0.3 is 6.03 Å². The van der Waals surface area contributed by atoms with E-state index in [9.17, 15) is 20.0 Å². The molecule has 0 saturated carbocycles. The number of carbonyl (C=O) groups excluding carboxylic acids is 1. The molecule has 0 bridgehead atoms. The largest absolute Gasteiger partial charge is 0.393 e. The molecule has 1 aliphatic rings. The molecule has 0 spiro atoms. The molecule has 2 N–H and O–H groups in total. The molecule has 7 nitrogen and oxygen atoms in total. The summed E-state index contributed by atoms with van der Waals surface area (Å²) in [7, 11) is 0. The lowest BCUT2D eigenvalue weighted by atomic mass is 9.93. The van der Waals surface area contributed by atoms with Crippen molar-refractivity contribution in [2.24, 2.45) is 5.92 Å². The molecule has 0 aliphatic carbocycles. The average Bonchev–Trinajstić information content (AvgIpc) is 2.59. The van der Waals surface area contributed by atoms with Crippen LogP contribution in [0.25, 0.3) is 0 Å². The third-order valence-corrected chi connectivity index (χ3v) is 4.62. The number of benzene rings is 1. The number of likely N-dealkylation sites (tertiary alicyclic amines) is 1. The van der Waals surface area contributed by atoms with E-state index in [2.05, 4.69) is 5.32 Å². The minimum absolute atomic E-state index is 0.0207. The Bertz CT molecular complexity index is 591. The third kappa shape index (κ3) is 4.44. The van der Waals surface area contributed by atoms with Crippen molar-refractivity contribution in [3.05, 3.63) is 39.9 Å². The van der Waals surface area contributed by atoms with Crippen molar-refractivity contribution in [3.8, 4) is 0 Å². The number of nitro benzene ring substituents is 1. The normalized spacial score (nSPS) is 20.3. The molecule has 2 amide bonds. The molecule has 24 heavy (non-hydrogen) atoms. The van der Waals surface area contributed by atoms with E-state index in [-0.39, 0.29) is 23.7 Å². The van der Waals surface area contributed by atoms with E-state index in [1.807, 2.05) is 6.92 Å². The summed E-state index contributed by atoms with van der Waals surface area (Å²) in [5.74, 6) is 0.0994. The number of hydrogen-bond donors (Lipinski definition) is 2. The summed E-state index contributed by atoms with van der Waals surface area (Å²) < 4.78 is 0. The first-order chi connectivity index (χ1) is 11.4. The van der Waals surface area contributed by atoms with Gasteiger partial charge in [-0.15, -0.1) is 0 Å².